The number of anilines is 1. The Morgan fingerprint density at radius 3 is 2.84 bits per heavy atom. The maximum atomic E-state index is 13.7. The molecule has 1 N–H and O–H groups in total. The number of ether oxygens (including phenoxy) is 1. The highest BCUT2D eigenvalue weighted by atomic mass is 19.1. The lowest BCUT2D eigenvalue weighted by atomic mass is 9.93. The number of halogens is 1. The first-order chi connectivity index (χ1) is 8.91. The molecule has 0 bridgehead atoms. The number of hydrogen-bond donors (Lipinski definition) is 1. The van der Waals surface area contributed by atoms with Crippen LogP contribution in [0.3, 0.4) is 0 Å². The normalized spacial score (nSPS) is 21.7. The van der Waals surface area contributed by atoms with Gasteiger partial charge in [-0.05, 0) is 45.7 Å². The van der Waals surface area contributed by atoms with E-state index in [4.69, 9.17) is 10.00 Å². The molecule has 1 aliphatic heterocycles. The van der Waals surface area contributed by atoms with Gasteiger partial charge < -0.3 is 10.1 Å². The summed E-state index contributed by atoms with van der Waals surface area (Å²) in [5.74, 6) is -0.340. The van der Waals surface area contributed by atoms with Gasteiger partial charge in [0.1, 0.15) is 5.82 Å². The largest absolute Gasteiger partial charge is 0.382 e. The zero-order valence-corrected chi connectivity index (χ0v) is 11.6. The van der Waals surface area contributed by atoms with Gasteiger partial charge in [0.15, 0.2) is 0 Å². The van der Waals surface area contributed by atoms with Crippen LogP contribution in [-0.2, 0) is 4.74 Å². The van der Waals surface area contributed by atoms with Gasteiger partial charge >= 0.3 is 0 Å². The first-order valence-corrected chi connectivity index (χ1v) is 6.52. The minimum absolute atomic E-state index is 0.158. The minimum Gasteiger partial charge on any atom is -0.382 e. The van der Waals surface area contributed by atoms with E-state index in [9.17, 15) is 4.39 Å². The number of nitrogens with one attached hydrogen (secondary N) is 1. The van der Waals surface area contributed by atoms with Gasteiger partial charge in [-0.25, -0.2) is 4.39 Å². The molecule has 1 unspecified atom stereocenters. The molecule has 102 valence electrons. The van der Waals surface area contributed by atoms with Crippen LogP contribution >= 0.6 is 0 Å². The summed E-state index contributed by atoms with van der Waals surface area (Å²) in [4.78, 5) is 0. The number of nitrogens with zero attached hydrogens (tertiary/aromatic N) is 1. The summed E-state index contributed by atoms with van der Waals surface area (Å²) >= 11 is 0. The smallest absolute Gasteiger partial charge is 0.129 e. The molecule has 1 saturated heterocycles. The van der Waals surface area contributed by atoms with E-state index in [2.05, 4.69) is 19.2 Å². The fourth-order valence-corrected chi connectivity index (χ4v) is 2.47. The number of rotatable bonds is 2. The van der Waals surface area contributed by atoms with E-state index in [0.717, 1.165) is 12.8 Å². The second-order valence-electron chi connectivity index (χ2n) is 5.68. The van der Waals surface area contributed by atoms with Crippen molar-refractivity contribution >= 4 is 5.69 Å². The van der Waals surface area contributed by atoms with Gasteiger partial charge in [0.25, 0.3) is 0 Å². The van der Waals surface area contributed by atoms with Crippen LogP contribution in [0.2, 0.25) is 0 Å². The fourth-order valence-electron chi connectivity index (χ4n) is 2.47. The lowest BCUT2D eigenvalue weighted by Gasteiger charge is -2.36. The number of nitriles is 1. The Bertz CT molecular complexity index is 520. The van der Waals surface area contributed by atoms with Crippen molar-refractivity contribution in [2.45, 2.75) is 45.3 Å². The SMILES string of the molecule is Cc1c(F)cc(C#N)cc1NC1CCOC(C)(C)C1. The monoisotopic (exact) mass is 262 g/mol. The summed E-state index contributed by atoms with van der Waals surface area (Å²) in [6, 6.07) is 5.21. The third-order valence-corrected chi connectivity index (χ3v) is 3.53. The van der Waals surface area contributed by atoms with Crippen molar-refractivity contribution in [2.24, 2.45) is 0 Å². The Balaban J connectivity index is 2.19. The van der Waals surface area contributed by atoms with Crippen molar-refractivity contribution < 1.29 is 9.13 Å². The molecule has 1 aromatic rings. The predicted octanol–water partition coefficient (Wildman–Crippen LogP) is 3.38. The van der Waals surface area contributed by atoms with Crippen LogP contribution in [0, 0.1) is 24.1 Å². The zero-order chi connectivity index (χ0) is 14.0. The quantitative estimate of drug-likeness (QED) is 0.888. The third kappa shape index (κ3) is 3.24. The van der Waals surface area contributed by atoms with Crippen LogP contribution in [0.1, 0.15) is 37.8 Å². The molecule has 4 heteroatoms. The van der Waals surface area contributed by atoms with E-state index >= 15 is 0 Å². The molecule has 0 aliphatic carbocycles. The highest BCUT2D eigenvalue weighted by molar-refractivity contribution is 5.56. The molecule has 0 saturated carbocycles. The molecule has 2 rings (SSSR count). The van der Waals surface area contributed by atoms with E-state index in [1.807, 2.05) is 6.07 Å². The van der Waals surface area contributed by atoms with E-state index in [0.29, 0.717) is 23.4 Å². The van der Waals surface area contributed by atoms with E-state index in [-0.39, 0.29) is 17.5 Å². The van der Waals surface area contributed by atoms with Crippen LogP contribution in [-0.4, -0.2) is 18.2 Å². The highest BCUT2D eigenvalue weighted by Crippen LogP contribution is 2.28. The predicted molar refractivity (Wildman–Crippen MR) is 72.5 cm³/mol. The molecular weight excluding hydrogens is 243 g/mol. The minimum atomic E-state index is -0.340. The molecule has 0 spiro atoms. The molecule has 0 amide bonds. The second kappa shape index (κ2) is 5.18. The van der Waals surface area contributed by atoms with Gasteiger partial charge in [0, 0.05) is 23.9 Å². The van der Waals surface area contributed by atoms with E-state index in [1.54, 1.807) is 13.0 Å². The van der Waals surface area contributed by atoms with Crippen molar-refractivity contribution in [3.63, 3.8) is 0 Å². The van der Waals surface area contributed by atoms with Gasteiger partial charge in [0.05, 0.1) is 17.2 Å². The molecule has 0 aromatic heterocycles. The van der Waals surface area contributed by atoms with Crippen LogP contribution < -0.4 is 5.32 Å². The Morgan fingerprint density at radius 2 is 2.21 bits per heavy atom. The van der Waals surface area contributed by atoms with Gasteiger partial charge in [-0.1, -0.05) is 0 Å². The molecule has 1 aromatic carbocycles. The first kappa shape index (κ1) is 13.8. The molecule has 3 nitrogen and oxygen atoms in total. The van der Waals surface area contributed by atoms with E-state index < -0.39 is 0 Å². The maximum absolute atomic E-state index is 13.7. The topological polar surface area (TPSA) is 45.0 Å². The van der Waals surface area contributed by atoms with Crippen LogP contribution in [0.5, 0.6) is 0 Å². The lowest BCUT2D eigenvalue weighted by molar-refractivity contribution is -0.0553. The van der Waals surface area contributed by atoms with Crippen LogP contribution in [0.25, 0.3) is 0 Å². The Hall–Kier alpha value is -1.60. The standard InChI is InChI=1S/C15H19FN2O/c1-10-13(16)6-11(9-17)7-14(10)18-12-4-5-19-15(2,3)8-12/h6-7,12,18H,4-5,8H2,1-3H3. The maximum Gasteiger partial charge on any atom is 0.129 e. The molecule has 19 heavy (non-hydrogen) atoms. The van der Waals surface area contributed by atoms with Crippen molar-refractivity contribution in [1.82, 2.24) is 0 Å². The Morgan fingerprint density at radius 1 is 1.47 bits per heavy atom. The van der Waals surface area contributed by atoms with Crippen molar-refractivity contribution in [3.05, 3.63) is 29.1 Å². The lowest BCUT2D eigenvalue weighted by Crippen LogP contribution is -2.40. The van der Waals surface area contributed by atoms with Gasteiger partial charge in [-0.15, -0.1) is 0 Å². The molecule has 1 fully saturated rings. The average molecular weight is 262 g/mol. The zero-order valence-electron chi connectivity index (χ0n) is 11.6. The average Bonchev–Trinajstić information content (AvgIpc) is 2.33. The summed E-state index contributed by atoms with van der Waals surface area (Å²) in [5, 5.41) is 12.3. The third-order valence-electron chi connectivity index (χ3n) is 3.53. The molecule has 0 radical (unpaired) electrons. The van der Waals surface area contributed by atoms with Crippen LogP contribution in [0.4, 0.5) is 10.1 Å². The summed E-state index contributed by atoms with van der Waals surface area (Å²) in [7, 11) is 0. The summed E-state index contributed by atoms with van der Waals surface area (Å²) in [5.41, 5.74) is 1.45. The molecule has 1 heterocycles. The van der Waals surface area contributed by atoms with E-state index in [1.165, 1.54) is 6.07 Å². The van der Waals surface area contributed by atoms with Gasteiger partial charge in [-0.2, -0.15) is 5.26 Å². The summed E-state index contributed by atoms with van der Waals surface area (Å²) in [6.07, 6.45) is 1.76. The van der Waals surface area contributed by atoms with Gasteiger partial charge in [0.2, 0.25) is 0 Å². The summed E-state index contributed by atoms with van der Waals surface area (Å²) in [6.45, 7) is 6.54. The van der Waals surface area contributed by atoms with Gasteiger partial charge in [-0.3, -0.25) is 0 Å². The summed E-state index contributed by atoms with van der Waals surface area (Å²) < 4.78 is 19.4. The fraction of sp³-hybridized carbons (Fsp3) is 0.533. The second-order valence-corrected chi connectivity index (χ2v) is 5.68. The highest BCUT2D eigenvalue weighted by Gasteiger charge is 2.29. The van der Waals surface area contributed by atoms with Crippen LogP contribution in [0.15, 0.2) is 12.1 Å². The van der Waals surface area contributed by atoms with Crippen molar-refractivity contribution in [1.29, 1.82) is 5.26 Å². The van der Waals surface area contributed by atoms with Crippen molar-refractivity contribution in [3.8, 4) is 6.07 Å². The molecule has 1 atom stereocenters. The Kier molecular flexibility index (Phi) is 3.77. The molecule has 1 aliphatic rings. The first-order valence-electron chi connectivity index (χ1n) is 6.52. The number of benzene rings is 1. The van der Waals surface area contributed by atoms with Crippen molar-refractivity contribution in [2.75, 3.05) is 11.9 Å². The molecular formula is C15H19FN2O. The number of hydrogen-bond acceptors (Lipinski definition) is 3. The Labute approximate surface area is 113 Å².